The highest BCUT2D eigenvalue weighted by Gasteiger charge is 1.70. The molecule has 4 nitrogen and oxygen atoms in total. The van der Waals surface area contributed by atoms with Crippen LogP contribution in [0.3, 0.4) is 0 Å². The van der Waals surface area contributed by atoms with Crippen LogP contribution in [0.25, 0.3) is 10.4 Å². The van der Waals surface area contributed by atoms with Crippen molar-refractivity contribution in [2.75, 3.05) is 6.26 Å². The number of azide groups is 1. The second-order valence-corrected chi connectivity index (χ2v) is 1.61. The van der Waals surface area contributed by atoms with Gasteiger partial charge in [0.2, 0.25) is 0 Å². The average molecular weight is 105 g/mol. The number of hydrogen-bond acceptors (Lipinski definition) is 1. The standard InChI is InChI=1S/CH3N3OS/c1-6(5)4-3-2/h1H3. The van der Waals surface area contributed by atoms with Gasteiger partial charge in [0.05, 0.1) is 0 Å². The predicted octanol–water partition coefficient (Wildman–Crippen LogP) is 0.590. The Morgan fingerprint density at radius 3 is 2.50 bits per heavy atom. The van der Waals surface area contributed by atoms with Crippen molar-refractivity contribution >= 4 is 11.0 Å². The van der Waals surface area contributed by atoms with E-state index in [9.17, 15) is 4.21 Å². The van der Waals surface area contributed by atoms with Crippen molar-refractivity contribution in [3.8, 4) is 0 Å². The molecule has 0 spiro atoms. The molecule has 1 unspecified atom stereocenters. The monoisotopic (exact) mass is 105 g/mol. The fourth-order valence-corrected chi connectivity index (χ4v) is 0.154. The lowest BCUT2D eigenvalue weighted by atomic mass is 12.0. The minimum absolute atomic E-state index is 1.31. The Morgan fingerprint density at radius 1 is 2.00 bits per heavy atom. The third kappa shape index (κ3) is 3.46. The highest BCUT2D eigenvalue weighted by molar-refractivity contribution is 7.82. The van der Waals surface area contributed by atoms with Gasteiger partial charge in [0.15, 0.2) is 0 Å². The van der Waals surface area contributed by atoms with E-state index in [1.54, 1.807) is 0 Å². The van der Waals surface area contributed by atoms with Gasteiger partial charge in [-0.15, -0.1) is 0 Å². The minimum Gasteiger partial charge on any atom is -0.252 e. The van der Waals surface area contributed by atoms with Crippen molar-refractivity contribution in [2.24, 2.45) is 4.52 Å². The average Bonchev–Trinajstić information content (AvgIpc) is 1.35. The molecule has 0 amide bonds. The van der Waals surface area contributed by atoms with Crippen molar-refractivity contribution in [3.05, 3.63) is 10.4 Å². The maximum absolute atomic E-state index is 9.73. The van der Waals surface area contributed by atoms with Crippen LogP contribution in [0, 0.1) is 0 Å². The van der Waals surface area contributed by atoms with Gasteiger partial charge in [-0.05, 0) is 5.53 Å². The van der Waals surface area contributed by atoms with E-state index in [-0.39, 0.29) is 0 Å². The zero-order chi connectivity index (χ0) is 4.99. The highest BCUT2D eigenvalue weighted by Crippen LogP contribution is 1.71. The van der Waals surface area contributed by atoms with Crippen molar-refractivity contribution in [1.29, 1.82) is 0 Å². The topological polar surface area (TPSA) is 65.8 Å². The Hall–Kier alpha value is -0.540. The van der Waals surface area contributed by atoms with Crippen molar-refractivity contribution in [3.63, 3.8) is 0 Å². The molecular formula is CH3N3OS. The molecule has 0 aliphatic heterocycles. The summed E-state index contributed by atoms with van der Waals surface area (Å²) in [5.41, 5.74) is 7.50. The quantitative estimate of drug-likeness (QED) is 0.273. The largest absolute Gasteiger partial charge is 0.252 e. The second-order valence-electron chi connectivity index (χ2n) is 0.595. The van der Waals surface area contributed by atoms with E-state index in [4.69, 9.17) is 5.53 Å². The summed E-state index contributed by atoms with van der Waals surface area (Å²) in [7, 11) is -1.36. The first kappa shape index (κ1) is 5.46. The summed E-state index contributed by atoms with van der Waals surface area (Å²) in [6.07, 6.45) is 1.31. The smallest absolute Gasteiger partial charge is 0.108 e. The van der Waals surface area contributed by atoms with Crippen molar-refractivity contribution in [1.82, 2.24) is 0 Å². The lowest BCUT2D eigenvalue weighted by Gasteiger charge is -1.64. The SMILES string of the molecule is CS(=O)N=[N+]=[N-]. The third-order valence-corrected chi connectivity index (χ3v) is 0.454. The summed E-state index contributed by atoms with van der Waals surface area (Å²) in [5, 5.41) is 0. The molecule has 5 heteroatoms. The summed E-state index contributed by atoms with van der Waals surface area (Å²) in [5.74, 6) is 0. The first-order valence-corrected chi connectivity index (χ1v) is 2.67. The van der Waals surface area contributed by atoms with Gasteiger partial charge >= 0.3 is 0 Å². The van der Waals surface area contributed by atoms with E-state index in [1.165, 1.54) is 6.26 Å². The molecule has 0 fully saturated rings. The zero-order valence-corrected chi connectivity index (χ0v) is 3.97. The van der Waals surface area contributed by atoms with Crippen LogP contribution in [0.4, 0.5) is 0 Å². The molecule has 0 radical (unpaired) electrons. The van der Waals surface area contributed by atoms with E-state index in [1.807, 2.05) is 0 Å². The van der Waals surface area contributed by atoms with E-state index in [0.717, 1.165) is 0 Å². The Bertz CT molecular complexity index is 103. The molecule has 0 N–H and O–H groups in total. The Kier molecular flexibility index (Phi) is 2.44. The van der Waals surface area contributed by atoms with Crippen LogP contribution >= 0.6 is 0 Å². The van der Waals surface area contributed by atoms with Crippen LogP contribution in [-0.4, -0.2) is 10.5 Å². The molecule has 0 saturated carbocycles. The molecule has 0 bridgehead atoms. The van der Waals surface area contributed by atoms with E-state index < -0.39 is 11.0 Å². The van der Waals surface area contributed by atoms with Crippen LogP contribution in [-0.2, 0) is 11.0 Å². The van der Waals surface area contributed by atoms with Gasteiger partial charge in [-0.25, -0.2) is 0 Å². The molecular weight excluding hydrogens is 102 g/mol. The molecule has 0 aromatic rings. The fraction of sp³-hybridized carbons (Fsp3) is 1.00. The van der Waals surface area contributed by atoms with Crippen LogP contribution in [0.1, 0.15) is 0 Å². The van der Waals surface area contributed by atoms with Crippen molar-refractivity contribution < 1.29 is 4.21 Å². The van der Waals surface area contributed by atoms with Crippen molar-refractivity contribution in [2.45, 2.75) is 0 Å². The molecule has 0 aromatic carbocycles. The van der Waals surface area contributed by atoms with E-state index in [2.05, 4.69) is 9.43 Å². The van der Waals surface area contributed by atoms with E-state index >= 15 is 0 Å². The maximum atomic E-state index is 9.73. The van der Waals surface area contributed by atoms with Crippen LogP contribution in [0.2, 0.25) is 0 Å². The maximum Gasteiger partial charge on any atom is 0.108 e. The number of rotatable bonds is 1. The summed E-state index contributed by atoms with van der Waals surface area (Å²) in [4.78, 5) is 2.26. The van der Waals surface area contributed by atoms with Gasteiger partial charge in [0.1, 0.15) is 11.0 Å². The molecule has 1 atom stereocenters. The molecule has 0 aromatic heterocycles. The first-order valence-electron chi connectivity index (χ1n) is 1.16. The molecule has 0 saturated heterocycles. The lowest BCUT2D eigenvalue weighted by Crippen LogP contribution is -1.68. The molecule has 6 heavy (non-hydrogen) atoms. The van der Waals surface area contributed by atoms with Gasteiger partial charge in [0.25, 0.3) is 0 Å². The zero-order valence-electron chi connectivity index (χ0n) is 3.16. The fourth-order valence-electron chi connectivity index (χ4n) is 0.0514. The van der Waals surface area contributed by atoms with Crippen LogP contribution < -0.4 is 0 Å². The number of hydrogen-bond donors (Lipinski definition) is 0. The van der Waals surface area contributed by atoms with Gasteiger partial charge in [-0.2, -0.15) is 0 Å². The summed E-state index contributed by atoms with van der Waals surface area (Å²) >= 11 is 0. The van der Waals surface area contributed by atoms with Gasteiger partial charge in [-0.3, -0.25) is 4.21 Å². The Morgan fingerprint density at radius 2 is 2.50 bits per heavy atom. The molecule has 34 valence electrons. The summed E-state index contributed by atoms with van der Waals surface area (Å²) in [6.45, 7) is 0. The third-order valence-electron chi connectivity index (χ3n) is 0.151. The second kappa shape index (κ2) is 2.68. The highest BCUT2D eigenvalue weighted by atomic mass is 32.2. The minimum atomic E-state index is -1.36. The Labute approximate surface area is 37.4 Å². The van der Waals surface area contributed by atoms with Gasteiger partial charge in [0, 0.05) is 15.7 Å². The predicted molar refractivity (Wildman–Crippen MR) is 23.2 cm³/mol. The molecule has 0 aliphatic carbocycles. The normalized spacial score (nSPS) is 12.2. The summed E-state index contributed by atoms with van der Waals surface area (Å²) < 4.78 is 12.5. The van der Waals surface area contributed by atoms with Gasteiger partial charge < -0.3 is 0 Å². The van der Waals surface area contributed by atoms with Crippen LogP contribution in [0.5, 0.6) is 0 Å². The number of nitrogens with zero attached hydrogens (tertiary/aromatic N) is 3. The summed E-state index contributed by atoms with van der Waals surface area (Å²) in [6, 6.07) is 0. The van der Waals surface area contributed by atoms with Gasteiger partial charge in [-0.1, -0.05) is 0 Å². The molecule has 0 rings (SSSR count). The lowest BCUT2D eigenvalue weighted by molar-refractivity contribution is 0.687. The first-order chi connectivity index (χ1) is 2.77. The Balaban J connectivity index is 3.60. The van der Waals surface area contributed by atoms with E-state index in [0.29, 0.717) is 0 Å². The molecule has 0 heterocycles. The van der Waals surface area contributed by atoms with Crippen LogP contribution in [0.15, 0.2) is 4.52 Å². The molecule has 0 aliphatic rings.